The molecule has 6 heteroatoms. The van der Waals surface area contributed by atoms with Crippen LogP contribution in [0.1, 0.15) is 0 Å². The molecule has 0 fully saturated rings. The number of aromatic nitrogens is 2. The van der Waals surface area contributed by atoms with Gasteiger partial charge in [0.1, 0.15) is 11.5 Å². The normalized spacial score (nSPS) is 10.8. The molecule has 2 N–H and O–H groups in total. The van der Waals surface area contributed by atoms with Gasteiger partial charge in [-0.3, -0.25) is 0 Å². The van der Waals surface area contributed by atoms with Crippen molar-refractivity contribution in [2.45, 2.75) is 0 Å². The predicted octanol–water partition coefficient (Wildman–Crippen LogP) is 4.48. The van der Waals surface area contributed by atoms with Crippen LogP contribution in [0.4, 0.5) is 0 Å². The number of aromatic hydroxyl groups is 2. The van der Waals surface area contributed by atoms with Gasteiger partial charge in [-0.25, -0.2) is 4.68 Å². The molecule has 0 aliphatic heterocycles. The highest BCUT2D eigenvalue weighted by atomic mass is 79.9. The average Bonchev–Trinajstić information content (AvgIpc) is 2.94. The maximum absolute atomic E-state index is 9.53. The lowest BCUT2D eigenvalue weighted by atomic mass is 10.1. The second-order valence-corrected chi connectivity index (χ2v) is 6.16. The van der Waals surface area contributed by atoms with Crippen LogP contribution in [0.15, 0.2) is 57.6 Å². The lowest BCUT2D eigenvalue weighted by Gasteiger charge is -2.04. The summed E-state index contributed by atoms with van der Waals surface area (Å²) in [7, 11) is 0. The Balaban J connectivity index is 1.99. The van der Waals surface area contributed by atoms with Crippen LogP contribution < -0.4 is 0 Å². The van der Waals surface area contributed by atoms with Crippen LogP contribution in [0.3, 0.4) is 0 Å². The molecular weight excluding hydrogens is 400 g/mol. The zero-order valence-electron chi connectivity index (χ0n) is 10.7. The van der Waals surface area contributed by atoms with Crippen molar-refractivity contribution >= 4 is 31.9 Å². The van der Waals surface area contributed by atoms with Crippen molar-refractivity contribution in [3.05, 3.63) is 57.6 Å². The van der Waals surface area contributed by atoms with E-state index in [9.17, 15) is 10.2 Å². The lowest BCUT2D eigenvalue weighted by Crippen LogP contribution is -1.94. The summed E-state index contributed by atoms with van der Waals surface area (Å²) < 4.78 is 2.96. The van der Waals surface area contributed by atoms with Crippen molar-refractivity contribution in [3.63, 3.8) is 0 Å². The van der Waals surface area contributed by atoms with Gasteiger partial charge in [-0.1, -0.05) is 0 Å². The van der Waals surface area contributed by atoms with Gasteiger partial charge < -0.3 is 10.2 Å². The zero-order chi connectivity index (χ0) is 15.0. The standard InChI is InChI=1S/C15H10Br2N2O2/c16-11-7-9(1-3-14(11)20)13-5-6-19(18-13)10-2-4-15(21)12(17)8-10/h1-8,20-21H. The van der Waals surface area contributed by atoms with Crippen LogP contribution in [0.25, 0.3) is 16.9 Å². The van der Waals surface area contributed by atoms with E-state index in [-0.39, 0.29) is 11.5 Å². The summed E-state index contributed by atoms with van der Waals surface area (Å²) in [6.07, 6.45) is 1.84. The molecule has 0 atom stereocenters. The fourth-order valence-corrected chi connectivity index (χ4v) is 2.67. The Morgan fingerprint density at radius 1 is 0.857 bits per heavy atom. The smallest absolute Gasteiger partial charge is 0.129 e. The van der Waals surface area contributed by atoms with E-state index in [1.807, 2.05) is 18.3 Å². The molecule has 0 amide bonds. The van der Waals surface area contributed by atoms with Crippen molar-refractivity contribution in [1.29, 1.82) is 0 Å². The summed E-state index contributed by atoms with van der Waals surface area (Å²) in [6.45, 7) is 0. The van der Waals surface area contributed by atoms with E-state index >= 15 is 0 Å². The first-order chi connectivity index (χ1) is 10.0. The van der Waals surface area contributed by atoms with Crippen LogP contribution >= 0.6 is 31.9 Å². The van der Waals surface area contributed by atoms with Gasteiger partial charge in [0.05, 0.1) is 20.3 Å². The van der Waals surface area contributed by atoms with Gasteiger partial charge in [0, 0.05) is 11.8 Å². The van der Waals surface area contributed by atoms with Crippen LogP contribution in [0.2, 0.25) is 0 Å². The fourth-order valence-electron chi connectivity index (χ4n) is 1.93. The minimum Gasteiger partial charge on any atom is -0.507 e. The Kier molecular flexibility index (Phi) is 3.73. The Hall–Kier alpha value is -1.79. The summed E-state index contributed by atoms with van der Waals surface area (Å²) in [5, 5.41) is 23.6. The molecule has 0 spiro atoms. The van der Waals surface area contributed by atoms with Gasteiger partial charge in [0.15, 0.2) is 0 Å². The molecule has 0 radical (unpaired) electrons. The molecule has 0 unspecified atom stereocenters. The third-order valence-corrected chi connectivity index (χ3v) is 4.30. The van der Waals surface area contributed by atoms with E-state index in [1.165, 1.54) is 0 Å². The molecular formula is C15H10Br2N2O2. The topological polar surface area (TPSA) is 58.3 Å². The molecule has 0 saturated heterocycles. The first-order valence-corrected chi connectivity index (χ1v) is 7.66. The van der Waals surface area contributed by atoms with Crippen molar-refractivity contribution in [2.24, 2.45) is 0 Å². The number of halogens is 2. The number of benzene rings is 2. The number of phenolic OH excluding ortho intramolecular Hbond substituents is 2. The molecule has 106 valence electrons. The van der Waals surface area contributed by atoms with Gasteiger partial charge in [0.2, 0.25) is 0 Å². The van der Waals surface area contributed by atoms with E-state index in [0.29, 0.717) is 8.95 Å². The third-order valence-electron chi connectivity index (χ3n) is 3.03. The molecule has 1 heterocycles. The van der Waals surface area contributed by atoms with Gasteiger partial charge in [0.25, 0.3) is 0 Å². The molecule has 1 aromatic heterocycles. The van der Waals surface area contributed by atoms with E-state index in [4.69, 9.17) is 0 Å². The predicted molar refractivity (Wildman–Crippen MR) is 87.7 cm³/mol. The Labute approximate surface area is 137 Å². The summed E-state index contributed by atoms with van der Waals surface area (Å²) in [4.78, 5) is 0. The number of hydrogen-bond acceptors (Lipinski definition) is 3. The molecule has 0 saturated carbocycles. The average molecular weight is 410 g/mol. The van der Waals surface area contributed by atoms with Crippen molar-refractivity contribution in [1.82, 2.24) is 9.78 Å². The minimum absolute atomic E-state index is 0.189. The van der Waals surface area contributed by atoms with Crippen molar-refractivity contribution in [2.75, 3.05) is 0 Å². The highest BCUT2D eigenvalue weighted by molar-refractivity contribution is 9.10. The first kappa shape index (κ1) is 14.2. The van der Waals surface area contributed by atoms with Gasteiger partial charge in [-0.2, -0.15) is 5.10 Å². The van der Waals surface area contributed by atoms with E-state index in [0.717, 1.165) is 16.9 Å². The highest BCUT2D eigenvalue weighted by Gasteiger charge is 2.07. The van der Waals surface area contributed by atoms with Crippen LogP contribution in [0.5, 0.6) is 11.5 Å². The first-order valence-electron chi connectivity index (χ1n) is 6.08. The second kappa shape index (κ2) is 5.54. The quantitative estimate of drug-likeness (QED) is 0.656. The Morgan fingerprint density at radius 2 is 1.52 bits per heavy atom. The van der Waals surface area contributed by atoms with Crippen molar-refractivity contribution in [3.8, 4) is 28.4 Å². The van der Waals surface area contributed by atoms with Gasteiger partial charge in [-0.05, 0) is 74.3 Å². The lowest BCUT2D eigenvalue weighted by molar-refractivity contribution is 0.471. The molecule has 0 bridgehead atoms. The summed E-state index contributed by atoms with van der Waals surface area (Å²) in [6, 6.07) is 12.3. The summed E-state index contributed by atoms with van der Waals surface area (Å²) in [5.41, 5.74) is 2.53. The Bertz CT molecular complexity index is 749. The number of hydrogen-bond donors (Lipinski definition) is 2. The maximum Gasteiger partial charge on any atom is 0.129 e. The SMILES string of the molecule is Oc1ccc(-c2ccn(-c3ccc(O)c(Br)c3)n2)cc1Br. The summed E-state index contributed by atoms with van der Waals surface area (Å²) in [5.74, 6) is 0.384. The zero-order valence-corrected chi connectivity index (χ0v) is 13.8. The van der Waals surface area contributed by atoms with Crippen LogP contribution in [0, 0.1) is 0 Å². The van der Waals surface area contributed by atoms with Gasteiger partial charge in [-0.15, -0.1) is 0 Å². The largest absolute Gasteiger partial charge is 0.507 e. The molecule has 3 aromatic rings. The second-order valence-electron chi connectivity index (χ2n) is 4.45. The summed E-state index contributed by atoms with van der Waals surface area (Å²) >= 11 is 6.58. The number of rotatable bonds is 2. The molecule has 4 nitrogen and oxygen atoms in total. The van der Waals surface area contributed by atoms with E-state index < -0.39 is 0 Å². The fraction of sp³-hybridized carbons (Fsp3) is 0. The van der Waals surface area contributed by atoms with Crippen LogP contribution in [-0.2, 0) is 0 Å². The molecule has 21 heavy (non-hydrogen) atoms. The minimum atomic E-state index is 0.189. The van der Waals surface area contributed by atoms with Gasteiger partial charge >= 0.3 is 0 Å². The Morgan fingerprint density at radius 3 is 2.19 bits per heavy atom. The van der Waals surface area contributed by atoms with E-state index in [2.05, 4.69) is 37.0 Å². The highest BCUT2D eigenvalue weighted by Crippen LogP contribution is 2.30. The molecule has 0 aliphatic rings. The van der Waals surface area contributed by atoms with Crippen molar-refractivity contribution < 1.29 is 10.2 Å². The monoisotopic (exact) mass is 408 g/mol. The third kappa shape index (κ3) is 2.82. The van der Waals surface area contributed by atoms with E-state index in [1.54, 1.807) is 35.0 Å². The maximum atomic E-state index is 9.53. The van der Waals surface area contributed by atoms with Crippen LogP contribution in [-0.4, -0.2) is 20.0 Å². The number of nitrogens with zero attached hydrogens (tertiary/aromatic N) is 2. The molecule has 2 aromatic carbocycles. The number of phenols is 2. The molecule has 0 aliphatic carbocycles. The molecule has 3 rings (SSSR count).